The SMILES string of the molecule is CCCCCCCCCCCC(CC)OC(=O)C1CCC1. The van der Waals surface area contributed by atoms with Gasteiger partial charge < -0.3 is 4.74 Å². The molecule has 0 aromatic heterocycles. The Labute approximate surface area is 132 Å². The van der Waals surface area contributed by atoms with E-state index < -0.39 is 0 Å². The van der Waals surface area contributed by atoms with Gasteiger partial charge in [-0.15, -0.1) is 0 Å². The summed E-state index contributed by atoms with van der Waals surface area (Å²) in [4.78, 5) is 11.8. The second-order valence-electron chi connectivity index (χ2n) is 6.71. The van der Waals surface area contributed by atoms with Gasteiger partial charge in [-0.2, -0.15) is 0 Å². The molecule has 0 aliphatic heterocycles. The molecule has 0 N–H and O–H groups in total. The van der Waals surface area contributed by atoms with E-state index in [1.807, 2.05) is 0 Å². The number of ether oxygens (including phenoxy) is 1. The largest absolute Gasteiger partial charge is 0.462 e. The molecule has 0 saturated heterocycles. The first-order valence-electron chi connectivity index (χ1n) is 9.48. The second-order valence-corrected chi connectivity index (χ2v) is 6.71. The van der Waals surface area contributed by atoms with E-state index in [9.17, 15) is 4.79 Å². The van der Waals surface area contributed by atoms with E-state index in [2.05, 4.69) is 13.8 Å². The van der Waals surface area contributed by atoms with Gasteiger partial charge in [0.15, 0.2) is 0 Å². The predicted octanol–water partition coefficient (Wildman–Crippen LogP) is 6.03. The zero-order chi connectivity index (χ0) is 15.3. The minimum atomic E-state index is 0.0732. The van der Waals surface area contributed by atoms with Crippen molar-refractivity contribution in [1.29, 1.82) is 0 Å². The summed E-state index contributed by atoms with van der Waals surface area (Å²) in [6.45, 7) is 4.40. The van der Waals surface area contributed by atoms with E-state index in [1.165, 1.54) is 64.2 Å². The highest BCUT2D eigenvalue weighted by Gasteiger charge is 2.28. The van der Waals surface area contributed by atoms with Crippen LogP contribution in [0.5, 0.6) is 0 Å². The summed E-state index contributed by atoms with van der Waals surface area (Å²) >= 11 is 0. The van der Waals surface area contributed by atoms with Crippen LogP contribution in [0.4, 0.5) is 0 Å². The van der Waals surface area contributed by atoms with Gasteiger partial charge in [-0.1, -0.05) is 71.6 Å². The van der Waals surface area contributed by atoms with Crippen LogP contribution in [-0.4, -0.2) is 12.1 Å². The number of carbonyl (C=O) groups is 1. The summed E-state index contributed by atoms with van der Waals surface area (Å²) in [6.07, 6.45) is 17.7. The van der Waals surface area contributed by atoms with E-state index in [-0.39, 0.29) is 18.0 Å². The van der Waals surface area contributed by atoms with E-state index in [0.29, 0.717) is 0 Å². The lowest BCUT2D eigenvalue weighted by Gasteiger charge is -2.26. The Hall–Kier alpha value is -0.530. The molecule has 2 nitrogen and oxygen atoms in total. The van der Waals surface area contributed by atoms with E-state index >= 15 is 0 Å². The Morgan fingerprint density at radius 1 is 0.952 bits per heavy atom. The molecule has 0 radical (unpaired) electrons. The first kappa shape index (κ1) is 18.5. The monoisotopic (exact) mass is 296 g/mol. The molecule has 1 saturated carbocycles. The fraction of sp³-hybridized carbons (Fsp3) is 0.947. The quantitative estimate of drug-likeness (QED) is 0.306. The molecule has 124 valence electrons. The van der Waals surface area contributed by atoms with Gasteiger partial charge in [0, 0.05) is 0 Å². The van der Waals surface area contributed by atoms with E-state index in [4.69, 9.17) is 4.74 Å². The fourth-order valence-corrected chi connectivity index (χ4v) is 2.93. The zero-order valence-electron chi connectivity index (χ0n) is 14.4. The summed E-state index contributed by atoms with van der Waals surface area (Å²) in [7, 11) is 0. The second kappa shape index (κ2) is 12.1. The number of unbranched alkanes of at least 4 members (excludes halogenated alkanes) is 8. The molecular formula is C19H36O2. The van der Waals surface area contributed by atoms with Gasteiger partial charge in [-0.05, 0) is 32.1 Å². The highest BCUT2D eigenvalue weighted by molar-refractivity contribution is 5.73. The third kappa shape index (κ3) is 8.48. The van der Waals surface area contributed by atoms with Crippen LogP contribution in [0.15, 0.2) is 0 Å². The lowest BCUT2D eigenvalue weighted by Crippen LogP contribution is -2.28. The third-order valence-corrected chi connectivity index (χ3v) is 4.81. The molecule has 21 heavy (non-hydrogen) atoms. The highest BCUT2D eigenvalue weighted by Crippen LogP contribution is 2.28. The molecule has 1 atom stereocenters. The Morgan fingerprint density at radius 2 is 1.52 bits per heavy atom. The smallest absolute Gasteiger partial charge is 0.309 e. The Kier molecular flexibility index (Phi) is 10.6. The van der Waals surface area contributed by atoms with Crippen LogP contribution in [0.25, 0.3) is 0 Å². The third-order valence-electron chi connectivity index (χ3n) is 4.81. The highest BCUT2D eigenvalue weighted by atomic mass is 16.5. The van der Waals surface area contributed by atoms with Crippen molar-refractivity contribution in [2.45, 2.75) is 110 Å². The van der Waals surface area contributed by atoms with Crippen molar-refractivity contribution in [3.63, 3.8) is 0 Å². The van der Waals surface area contributed by atoms with Crippen molar-refractivity contribution in [2.75, 3.05) is 0 Å². The Bertz CT molecular complexity index is 258. The molecule has 1 aliphatic carbocycles. The number of hydrogen-bond acceptors (Lipinski definition) is 2. The number of rotatable bonds is 13. The molecule has 1 fully saturated rings. The molecular weight excluding hydrogens is 260 g/mol. The van der Waals surface area contributed by atoms with Gasteiger partial charge >= 0.3 is 5.97 Å². The zero-order valence-corrected chi connectivity index (χ0v) is 14.4. The number of carbonyl (C=O) groups excluding carboxylic acids is 1. The van der Waals surface area contributed by atoms with Gasteiger partial charge in [0.1, 0.15) is 6.10 Å². The van der Waals surface area contributed by atoms with Crippen LogP contribution in [0.3, 0.4) is 0 Å². The van der Waals surface area contributed by atoms with Crippen LogP contribution in [-0.2, 0) is 9.53 Å². The van der Waals surface area contributed by atoms with Gasteiger partial charge in [0.05, 0.1) is 5.92 Å². The van der Waals surface area contributed by atoms with Gasteiger partial charge in [-0.3, -0.25) is 4.79 Å². The maximum atomic E-state index is 11.8. The summed E-state index contributed by atoms with van der Waals surface area (Å²) in [5.41, 5.74) is 0. The van der Waals surface area contributed by atoms with Gasteiger partial charge in [0.2, 0.25) is 0 Å². The first-order valence-corrected chi connectivity index (χ1v) is 9.48. The average Bonchev–Trinajstić information content (AvgIpc) is 2.42. The standard InChI is InChI=1S/C19H36O2/c1-3-5-6-7-8-9-10-11-12-16-18(4-2)21-19(20)17-14-13-15-17/h17-18H,3-16H2,1-2H3. The summed E-state index contributed by atoms with van der Waals surface area (Å²) in [5, 5.41) is 0. The van der Waals surface area contributed by atoms with Crippen molar-refractivity contribution < 1.29 is 9.53 Å². The molecule has 0 aromatic carbocycles. The minimum Gasteiger partial charge on any atom is -0.462 e. The molecule has 0 heterocycles. The van der Waals surface area contributed by atoms with E-state index in [0.717, 1.165) is 25.7 Å². The summed E-state index contributed by atoms with van der Waals surface area (Å²) < 4.78 is 5.64. The van der Waals surface area contributed by atoms with Crippen LogP contribution in [0.2, 0.25) is 0 Å². The van der Waals surface area contributed by atoms with Crippen molar-refractivity contribution in [3.05, 3.63) is 0 Å². The van der Waals surface area contributed by atoms with E-state index in [1.54, 1.807) is 0 Å². The average molecular weight is 296 g/mol. The summed E-state index contributed by atoms with van der Waals surface area (Å²) in [6, 6.07) is 0. The van der Waals surface area contributed by atoms with Crippen LogP contribution < -0.4 is 0 Å². The fourth-order valence-electron chi connectivity index (χ4n) is 2.93. The molecule has 0 spiro atoms. The Balaban J connectivity index is 1.93. The normalized spacial score (nSPS) is 16.5. The lowest BCUT2D eigenvalue weighted by atomic mass is 9.85. The van der Waals surface area contributed by atoms with Crippen LogP contribution in [0.1, 0.15) is 104 Å². The van der Waals surface area contributed by atoms with Crippen molar-refractivity contribution in [1.82, 2.24) is 0 Å². The molecule has 1 aliphatic rings. The Morgan fingerprint density at radius 3 is 2.00 bits per heavy atom. The van der Waals surface area contributed by atoms with Crippen molar-refractivity contribution >= 4 is 5.97 Å². The topological polar surface area (TPSA) is 26.3 Å². The molecule has 1 rings (SSSR count). The number of esters is 1. The predicted molar refractivity (Wildman–Crippen MR) is 89.4 cm³/mol. The van der Waals surface area contributed by atoms with Gasteiger partial charge in [0.25, 0.3) is 0 Å². The lowest BCUT2D eigenvalue weighted by molar-refractivity contribution is -0.157. The van der Waals surface area contributed by atoms with Gasteiger partial charge in [-0.25, -0.2) is 0 Å². The molecule has 1 unspecified atom stereocenters. The minimum absolute atomic E-state index is 0.0732. The molecule has 2 heteroatoms. The van der Waals surface area contributed by atoms with Crippen LogP contribution >= 0.6 is 0 Å². The first-order chi connectivity index (χ1) is 10.3. The van der Waals surface area contributed by atoms with Crippen LogP contribution in [0, 0.1) is 5.92 Å². The number of hydrogen-bond donors (Lipinski definition) is 0. The maximum Gasteiger partial charge on any atom is 0.309 e. The van der Waals surface area contributed by atoms with Crippen molar-refractivity contribution in [3.8, 4) is 0 Å². The van der Waals surface area contributed by atoms with Crippen molar-refractivity contribution in [2.24, 2.45) is 5.92 Å². The maximum absolute atomic E-state index is 11.8. The molecule has 0 bridgehead atoms. The molecule has 0 amide bonds. The molecule has 0 aromatic rings. The summed E-state index contributed by atoms with van der Waals surface area (Å²) in [5.74, 6) is 0.297.